The van der Waals surface area contributed by atoms with Gasteiger partial charge >= 0.3 is 39.5 Å². The molecular weight excluding hydrogens is 1310 g/mol. The summed E-state index contributed by atoms with van der Waals surface area (Å²) in [6.07, 6.45) is 73.4. The van der Waals surface area contributed by atoms with Gasteiger partial charge in [0.15, 0.2) is 12.2 Å². The van der Waals surface area contributed by atoms with E-state index in [4.69, 9.17) is 37.0 Å². The fraction of sp³-hybridized carbons (Fsp3) is 0.827. The van der Waals surface area contributed by atoms with Gasteiger partial charge in [-0.3, -0.25) is 37.3 Å². The molecule has 0 aliphatic heterocycles. The van der Waals surface area contributed by atoms with Gasteiger partial charge in [0.25, 0.3) is 0 Å². The minimum absolute atomic E-state index is 0.0242. The highest BCUT2D eigenvalue weighted by Gasteiger charge is 2.30. The molecule has 3 N–H and O–H groups in total. The SMILES string of the molecule is CCCCC/C=C\C/C=C\C/C=C\C/C=C\CCCC(=O)O[C@H](COC(=O)CCCCCCCCCCCCCCC)COP(=O)(O)OC[C@@H](O)COP(=O)(O)OC[C@@H](COC(=O)CCCCCCCCCCCCCCCCC)OC(=O)CCCCCCC/C=C\CCCCCCCC. The Labute approximate surface area is 610 Å². The fourth-order valence-electron chi connectivity index (χ4n) is 11.3. The molecule has 0 saturated heterocycles. The molecule has 100 heavy (non-hydrogen) atoms. The van der Waals surface area contributed by atoms with Crippen molar-refractivity contribution in [2.24, 2.45) is 0 Å². The van der Waals surface area contributed by atoms with Gasteiger partial charge in [-0.2, -0.15) is 0 Å². The summed E-state index contributed by atoms with van der Waals surface area (Å²) in [6, 6.07) is 0. The van der Waals surface area contributed by atoms with Crippen LogP contribution < -0.4 is 0 Å². The number of phosphoric acid groups is 2. The van der Waals surface area contributed by atoms with Gasteiger partial charge in [-0.05, 0) is 89.9 Å². The predicted molar refractivity (Wildman–Crippen MR) is 409 cm³/mol. The number of esters is 4. The second kappa shape index (κ2) is 74.0. The number of aliphatic hydroxyl groups is 1. The maximum Gasteiger partial charge on any atom is 0.472 e. The number of phosphoric ester groups is 2. The minimum atomic E-state index is -4.98. The number of hydrogen-bond donors (Lipinski definition) is 3. The van der Waals surface area contributed by atoms with Gasteiger partial charge in [-0.1, -0.05) is 320 Å². The molecule has 0 aromatic carbocycles. The Morgan fingerprint density at radius 3 is 0.820 bits per heavy atom. The number of carbonyl (C=O) groups excluding carboxylic acids is 4. The van der Waals surface area contributed by atoms with E-state index in [0.29, 0.717) is 32.1 Å². The van der Waals surface area contributed by atoms with Crippen LogP contribution in [0.5, 0.6) is 0 Å². The second-order valence-electron chi connectivity index (χ2n) is 27.4. The molecular formula is C81H148O17P2. The van der Waals surface area contributed by atoms with Crippen molar-refractivity contribution in [2.75, 3.05) is 39.6 Å². The molecule has 0 fully saturated rings. The van der Waals surface area contributed by atoms with E-state index in [1.165, 1.54) is 186 Å². The maximum atomic E-state index is 13.1. The van der Waals surface area contributed by atoms with E-state index in [1.54, 1.807) is 0 Å². The van der Waals surface area contributed by atoms with Crippen LogP contribution in [0.3, 0.4) is 0 Å². The molecule has 2 unspecified atom stereocenters. The summed E-state index contributed by atoms with van der Waals surface area (Å²) in [5, 5.41) is 10.6. The average Bonchev–Trinajstić information content (AvgIpc) is 1.13. The Hall–Kier alpha value is -3.24. The number of rotatable bonds is 77. The van der Waals surface area contributed by atoms with Crippen LogP contribution in [0.1, 0.15) is 374 Å². The van der Waals surface area contributed by atoms with E-state index >= 15 is 0 Å². The van der Waals surface area contributed by atoms with E-state index in [1.807, 2.05) is 12.2 Å². The minimum Gasteiger partial charge on any atom is -0.462 e. The van der Waals surface area contributed by atoms with Crippen molar-refractivity contribution < 1.29 is 80.2 Å². The van der Waals surface area contributed by atoms with Gasteiger partial charge in [0.1, 0.15) is 19.3 Å². The Bertz CT molecular complexity index is 2130. The molecule has 0 amide bonds. The van der Waals surface area contributed by atoms with Crippen molar-refractivity contribution in [1.29, 1.82) is 0 Å². The number of allylic oxidation sites excluding steroid dienone is 10. The van der Waals surface area contributed by atoms with Crippen LogP contribution in [0.4, 0.5) is 0 Å². The van der Waals surface area contributed by atoms with Crippen molar-refractivity contribution in [1.82, 2.24) is 0 Å². The standard InChI is InChI=1S/C81H148O17P2/c1-5-9-13-17-21-25-29-33-36-37-40-44-48-52-56-60-64-68-81(86)98-76(71-91-78(83)65-61-57-53-49-45-41-32-28-24-20-16-12-8-4)73-95-99(87,88)93-69-75(82)70-94-100(89,90)96-74-77(97-80(85)67-63-59-55-51-47-43-39-35-31-27-23-19-15-11-7-3)72-92-79(84)66-62-58-54-50-46-42-38-34-30-26-22-18-14-10-6-2/h21,25,33,35-36,39-40,44,52,56,75-77,82H,5-20,22-24,26-32,34,37-38,41-43,45-51,53-55,57-74H2,1-4H3,(H,87,88)(H,89,90)/b25-21-,36-33-,39-35-,44-40-,56-52-/t75-,76-,77-/m1/s1. The van der Waals surface area contributed by atoms with E-state index < -0.39 is 97.5 Å². The molecule has 0 aliphatic rings. The van der Waals surface area contributed by atoms with Crippen LogP contribution in [0.2, 0.25) is 0 Å². The lowest BCUT2D eigenvalue weighted by molar-refractivity contribution is -0.161. The lowest BCUT2D eigenvalue weighted by atomic mass is 10.0. The summed E-state index contributed by atoms with van der Waals surface area (Å²) in [6.45, 7) is 4.85. The largest absolute Gasteiger partial charge is 0.472 e. The zero-order chi connectivity index (χ0) is 73.2. The highest BCUT2D eigenvalue weighted by Crippen LogP contribution is 2.45. The molecule has 0 radical (unpaired) electrons. The van der Waals surface area contributed by atoms with Gasteiger partial charge in [-0.25, -0.2) is 9.13 Å². The number of ether oxygens (including phenoxy) is 4. The molecule has 17 nitrogen and oxygen atoms in total. The number of unbranched alkanes of at least 4 members (excludes halogenated alkanes) is 41. The summed E-state index contributed by atoms with van der Waals surface area (Å²) in [5.41, 5.74) is 0. The number of carbonyl (C=O) groups is 4. The normalized spacial score (nSPS) is 14.2. The van der Waals surface area contributed by atoms with Gasteiger partial charge in [0, 0.05) is 25.7 Å². The maximum absolute atomic E-state index is 13.1. The topological polar surface area (TPSA) is 237 Å². The van der Waals surface area contributed by atoms with Gasteiger partial charge in [0.2, 0.25) is 0 Å². The lowest BCUT2D eigenvalue weighted by Gasteiger charge is -2.21. The average molecular weight is 1460 g/mol. The molecule has 0 spiro atoms. The molecule has 0 heterocycles. The van der Waals surface area contributed by atoms with Crippen LogP contribution >= 0.6 is 15.6 Å². The highest BCUT2D eigenvalue weighted by atomic mass is 31.2. The van der Waals surface area contributed by atoms with Gasteiger partial charge in [0.05, 0.1) is 26.4 Å². The summed E-state index contributed by atoms with van der Waals surface area (Å²) < 4.78 is 68.6. The van der Waals surface area contributed by atoms with Gasteiger partial charge < -0.3 is 33.8 Å². The zero-order valence-corrected chi connectivity index (χ0v) is 65.7. The Morgan fingerprint density at radius 2 is 0.500 bits per heavy atom. The second-order valence-corrected chi connectivity index (χ2v) is 30.3. The third kappa shape index (κ3) is 73.1. The van der Waals surface area contributed by atoms with Gasteiger partial charge in [-0.15, -0.1) is 0 Å². The summed E-state index contributed by atoms with van der Waals surface area (Å²) in [4.78, 5) is 73.0. The van der Waals surface area contributed by atoms with Crippen LogP contribution in [0, 0.1) is 0 Å². The van der Waals surface area contributed by atoms with Crippen molar-refractivity contribution in [2.45, 2.75) is 393 Å². The highest BCUT2D eigenvalue weighted by molar-refractivity contribution is 7.47. The van der Waals surface area contributed by atoms with E-state index in [9.17, 15) is 43.2 Å². The molecule has 0 aliphatic carbocycles. The smallest absolute Gasteiger partial charge is 0.462 e. The first-order valence-corrected chi connectivity index (χ1v) is 43.5. The molecule has 0 bridgehead atoms. The Balaban J connectivity index is 5.37. The first-order chi connectivity index (χ1) is 48.7. The van der Waals surface area contributed by atoms with E-state index in [0.717, 1.165) is 103 Å². The quantitative estimate of drug-likeness (QED) is 0.0169. The monoisotopic (exact) mass is 1460 g/mol. The third-order valence-corrected chi connectivity index (χ3v) is 19.4. The molecule has 0 saturated carbocycles. The fourth-order valence-corrected chi connectivity index (χ4v) is 12.8. The molecule has 584 valence electrons. The van der Waals surface area contributed by atoms with Crippen molar-refractivity contribution in [3.05, 3.63) is 60.8 Å². The molecule has 5 atom stereocenters. The Kier molecular flexibility index (Phi) is 71.6. The van der Waals surface area contributed by atoms with Crippen molar-refractivity contribution in [3.8, 4) is 0 Å². The molecule has 0 aromatic heterocycles. The Morgan fingerprint density at radius 1 is 0.280 bits per heavy atom. The van der Waals surface area contributed by atoms with Crippen molar-refractivity contribution >= 4 is 39.5 Å². The van der Waals surface area contributed by atoms with Crippen LogP contribution in [-0.4, -0.2) is 96.7 Å². The van der Waals surface area contributed by atoms with E-state index in [2.05, 4.69) is 76.3 Å². The lowest BCUT2D eigenvalue weighted by Crippen LogP contribution is -2.30. The summed E-state index contributed by atoms with van der Waals surface area (Å²) >= 11 is 0. The molecule has 0 rings (SSSR count). The van der Waals surface area contributed by atoms with E-state index in [-0.39, 0.29) is 25.7 Å². The molecule has 0 aromatic rings. The molecule has 19 heteroatoms. The van der Waals surface area contributed by atoms with Crippen molar-refractivity contribution in [3.63, 3.8) is 0 Å². The predicted octanol–water partition coefficient (Wildman–Crippen LogP) is 23.5. The summed E-state index contributed by atoms with van der Waals surface area (Å²) in [7, 11) is -9.96. The van der Waals surface area contributed by atoms with Crippen LogP contribution in [-0.2, 0) is 65.4 Å². The summed E-state index contributed by atoms with van der Waals surface area (Å²) in [5.74, 6) is -2.21. The first-order valence-electron chi connectivity index (χ1n) is 40.5. The number of hydrogen-bond acceptors (Lipinski definition) is 15. The first kappa shape index (κ1) is 96.8. The number of aliphatic hydroxyl groups excluding tert-OH is 1. The third-order valence-electron chi connectivity index (χ3n) is 17.5. The van der Waals surface area contributed by atoms with Crippen LogP contribution in [0.15, 0.2) is 60.8 Å². The van der Waals surface area contributed by atoms with Crippen LogP contribution in [0.25, 0.3) is 0 Å². The zero-order valence-electron chi connectivity index (χ0n) is 63.9.